The normalized spacial score (nSPS) is 38.6. The van der Waals surface area contributed by atoms with Crippen molar-refractivity contribution in [3.63, 3.8) is 0 Å². The Hall–Kier alpha value is -0.820. The van der Waals surface area contributed by atoms with Crippen LogP contribution in [-0.4, -0.2) is 12.1 Å². The summed E-state index contributed by atoms with van der Waals surface area (Å²) in [6.45, 7) is 3.57. The summed E-state index contributed by atoms with van der Waals surface area (Å²) in [5.41, 5.74) is 2.02. The molecule has 0 amide bonds. The van der Waals surface area contributed by atoms with Gasteiger partial charge < -0.3 is 5.32 Å². The molecule has 4 fully saturated rings. The number of rotatable bonds is 5. The molecule has 1 aromatic rings. The molecule has 114 valence electrons. The van der Waals surface area contributed by atoms with Gasteiger partial charge in [-0.05, 0) is 80.7 Å². The van der Waals surface area contributed by atoms with Crippen LogP contribution in [0.25, 0.3) is 0 Å². The highest BCUT2D eigenvalue weighted by Gasteiger charge is 2.50. The molecule has 0 spiro atoms. The molecule has 1 heteroatoms. The lowest BCUT2D eigenvalue weighted by Crippen LogP contribution is -2.58. The summed E-state index contributed by atoms with van der Waals surface area (Å²) in [7, 11) is 0. The van der Waals surface area contributed by atoms with Crippen molar-refractivity contribution in [1.29, 1.82) is 0 Å². The zero-order chi connectivity index (χ0) is 14.3. The van der Waals surface area contributed by atoms with E-state index in [0.717, 1.165) is 17.8 Å². The second-order valence-electron chi connectivity index (χ2n) is 8.23. The molecule has 4 aliphatic carbocycles. The van der Waals surface area contributed by atoms with Crippen molar-refractivity contribution in [3.05, 3.63) is 35.9 Å². The first kappa shape index (κ1) is 13.8. The summed E-state index contributed by atoms with van der Waals surface area (Å²) in [6, 6.07) is 11.0. The standard InChI is InChI=1S/C20H29N/c1-15(19-5-3-2-4-6-19)7-8-21-20-12-16-9-17(13-20)11-18(10-16)14-20/h2-6,15-18,21H,7-14H2,1H3. The van der Waals surface area contributed by atoms with Crippen molar-refractivity contribution in [1.82, 2.24) is 5.32 Å². The molecule has 0 radical (unpaired) electrons. The quantitative estimate of drug-likeness (QED) is 0.823. The number of hydrogen-bond donors (Lipinski definition) is 1. The van der Waals surface area contributed by atoms with E-state index in [4.69, 9.17) is 0 Å². The van der Waals surface area contributed by atoms with Crippen LogP contribution >= 0.6 is 0 Å². The summed E-state index contributed by atoms with van der Waals surface area (Å²) in [4.78, 5) is 0. The lowest BCUT2D eigenvalue weighted by atomic mass is 9.53. The summed E-state index contributed by atoms with van der Waals surface area (Å²) in [6.07, 6.45) is 10.3. The van der Waals surface area contributed by atoms with Crippen LogP contribution in [0.5, 0.6) is 0 Å². The molecular formula is C20H29N. The maximum Gasteiger partial charge on any atom is 0.0189 e. The van der Waals surface area contributed by atoms with Crippen molar-refractivity contribution >= 4 is 0 Å². The fraction of sp³-hybridized carbons (Fsp3) is 0.700. The van der Waals surface area contributed by atoms with Gasteiger partial charge in [-0.3, -0.25) is 0 Å². The van der Waals surface area contributed by atoms with Crippen molar-refractivity contribution in [3.8, 4) is 0 Å². The molecule has 1 unspecified atom stereocenters. The van der Waals surface area contributed by atoms with Gasteiger partial charge in [-0.1, -0.05) is 37.3 Å². The first-order valence-corrected chi connectivity index (χ1v) is 9.02. The monoisotopic (exact) mass is 283 g/mol. The molecule has 1 aromatic carbocycles. The predicted octanol–water partition coefficient (Wildman–Crippen LogP) is 4.74. The molecule has 0 aliphatic heterocycles. The largest absolute Gasteiger partial charge is 0.311 e. The van der Waals surface area contributed by atoms with Gasteiger partial charge >= 0.3 is 0 Å². The van der Waals surface area contributed by atoms with E-state index >= 15 is 0 Å². The Balaban J connectivity index is 1.33. The van der Waals surface area contributed by atoms with E-state index < -0.39 is 0 Å². The average molecular weight is 283 g/mol. The van der Waals surface area contributed by atoms with Crippen molar-refractivity contribution < 1.29 is 0 Å². The topological polar surface area (TPSA) is 12.0 Å². The highest BCUT2D eigenvalue weighted by atomic mass is 15.0. The molecule has 21 heavy (non-hydrogen) atoms. The third-order valence-electron chi connectivity index (χ3n) is 6.48. The van der Waals surface area contributed by atoms with Crippen LogP contribution in [-0.2, 0) is 0 Å². The molecule has 4 saturated carbocycles. The Labute approximate surface area is 129 Å². The van der Waals surface area contributed by atoms with Gasteiger partial charge in [-0.25, -0.2) is 0 Å². The minimum absolute atomic E-state index is 0.533. The minimum atomic E-state index is 0.533. The van der Waals surface area contributed by atoms with Gasteiger partial charge in [0.2, 0.25) is 0 Å². The van der Waals surface area contributed by atoms with Crippen LogP contribution in [0.3, 0.4) is 0 Å². The van der Waals surface area contributed by atoms with E-state index in [1.165, 1.54) is 37.8 Å². The van der Waals surface area contributed by atoms with E-state index in [0.29, 0.717) is 11.5 Å². The summed E-state index contributed by atoms with van der Waals surface area (Å²) in [5.74, 6) is 3.83. The Morgan fingerprint density at radius 3 is 2.14 bits per heavy atom. The van der Waals surface area contributed by atoms with Gasteiger partial charge in [-0.2, -0.15) is 0 Å². The van der Waals surface area contributed by atoms with Crippen molar-refractivity contribution in [2.45, 2.75) is 63.3 Å². The molecule has 0 heterocycles. The van der Waals surface area contributed by atoms with Crippen molar-refractivity contribution in [2.75, 3.05) is 6.54 Å². The number of nitrogens with one attached hydrogen (secondary N) is 1. The van der Waals surface area contributed by atoms with Gasteiger partial charge in [0.1, 0.15) is 0 Å². The third kappa shape index (κ3) is 2.77. The van der Waals surface area contributed by atoms with Gasteiger partial charge in [0.15, 0.2) is 0 Å². The fourth-order valence-electron chi connectivity index (χ4n) is 5.83. The summed E-state index contributed by atoms with van der Waals surface area (Å²) < 4.78 is 0. The van der Waals surface area contributed by atoms with Crippen LogP contribution in [0.2, 0.25) is 0 Å². The van der Waals surface area contributed by atoms with Crippen molar-refractivity contribution in [2.24, 2.45) is 17.8 Å². The maximum atomic E-state index is 4.03. The van der Waals surface area contributed by atoms with E-state index in [1.807, 2.05) is 0 Å². The first-order chi connectivity index (χ1) is 10.2. The molecule has 1 atom stereocenters. The number of hydrogen-bond acceptors (Lipinski definition) is 1. The van der Waals surface area contributed by atoms with Crippen LogP contribution in [0.4, 0.5) is 0 Å². The summed E-state index contributed by atoms with van der Waals surface area (Å²) in [5, 5.41) is 4.03. The number of benzene rings is 1. The first-order valence-electron chi connectivity index (χ1n) is 9.02. The highest BCUT2D eigenvalue weighted by molar-refractivity contribution is 5.18. The van der Waals surface area contributed by atoms with E-state index in [2.05, 4.69) is 42.6 Å². The zero-order valence-corrected chi connectivity index (χ0v) is 13.4. The SMILES string of the molecule is CC(CCNC12CC3CC(CC(C3)C1)C2)c1ccccc1. The predicted molar refractivity (Wildman–Crippen MR) is 88.4 cm³/mol. The van der Waals surface area contributed by atoms with Gasteiger partial charge in [0.05, 0.1) is 0 Å². The molecule has 0 saturated heterocycles. The van der Waals surface area contributed by atoms with Crippen LogP contribution < -0.4 is 5.32 Å². The minimum Gasteiger partial charge on any atom is -0.311 e. The lowest BCUT2D eigenvalue weighted by Gasteiger charge is -2.57. The lowest BCUT2D eigenvalue weighted by molar-refractivity contribution is -0.0197. The molecule has 4 bridgehead atoms. The fourth-order valence-corrected chi connectivity index (χ4v) is 5.83. The molecule has 5 rings (SSSR count). The van der Waals surface area contributed by atoms with Gasteiger partial charge in [0, 0.05) is 5.54 Å². The van der Waals surface area contributed by atoms with Crippen LogP contribution in [0.1, 0.15) is 63.4 Å². The highest BCUT2D eigenvalue weighted by Crippen LogP contribution is 2.55. The third-order valence-corrected chi connectivity index (χ3v) is 6.48. The Morgan fingerprint density at radius 1 is 1.00 bits per heavy atom. The molecule has 1 N–H and O–H groups in total. The summed E-state index contributed by atoms with van der Waals surface area (Å²) >= 11 is 0. The maximum absolute atomic E-state index is 4.03. The molecule has 0 aromatic heterocycles. The second-order valence-corrected chi connectivity index (χ2v) is 8.23. The van der Waals surface area contributed by atoms with E-state index in [9.17, 15) is 0 Å². The Morgan fingerprint density at radius 2 is 1.57 bits per heavy atom. The van der Waals surface area contributed by atoms with Crippen LogP contribution in [0, 0.1) is 17.8 Å². The van der Waals surface area contributed by atoms with Gasteiger partial charge in [0.25, 0.3) is 0 Å². The molecule has 1 nitrogen and oxygen atoms in total. The average Bonchev–Trinajstić information content (AvgIpc) is 2.46. The van der Waals surface area contributed by atoms with E-state index in [-0.39, 0.29) is 0 Å². The van der Waals surface area contributed by atoms with Crippen LogP contribution in [0.15, 0.2) is 30.3 Å². The zero-order valence-electron chi connectivity index (χ0n) is 13.4. The molecule has 4 aliphatic rings. The van der Waals surface area contributed by atoms with Gasteiger partial charge in [-0.15, -0.1) is 0 Å². The Bertz CT molecular complexity index is 443. The molecular weight excluding hydrogens is 254 g/mol. The second kappa shape index (κ2) is 5.43. The smallest absolute Gasteiger partial charge is 0.0189 e. The van der Waals surface area contributed by atoms with E-state index in [1.54, 1.807) is 19.3 Å². The Kier molecular flexibility index (Phi) is 3.57.